The zero-order valence-corrected chi connectivity index (χ0v) is 14.3. The van der Waals surface area contributed by atoms with Crippen molar-refractivity contribution < 1.29 is 4.79 Å². The smallest absolute Gasteiger partial charge is 0.225 e. The first-order valence-electron chi connectivity index (χ1n) is 8.97. The van der Waals surface area contributed by atoms with Crippen LogP contribution in [-0.4, -0.2) is 36.0 Å². The lowest BCUT2D eigenvalue weighted by Gasteiger charge is -2.36. The number of nitrogens with zero attached hydrogens (tertiary/aromatic N) is 5. The summed E-state index contributed by atoms with van der Waals surface area (Å²) in [5.74, 6) is 0.253. The molecule has 0 spiro atoms. The van der Waals surface area contributed by atoms with E-state index in [4.69, 9.17) is 0 Å². The Kier molecular flexibility index (Phi) is 3.20. The Balaban J connectivity index is 1.45. The average molecular weight is 335 g/mol. The van der Waals surface area contributed by atoms with Gasteiger partial charge in [0, 0.05) is 55.6 Å². The van der Waals surface area contributed by atoms with Gasteiger partial charge in [0.2, 0.25) is 5.91 Å². The van der Waals surface area contributed by atoms with Gasteiger partial charge in [-0.3, -0.25) is 4.79 Å². The van der Waals surface area contributed by atoms with Crippen LogP contribution < -0.4 is 0 Å². The molecular weight excluding hydrogens is 314 g/mol. The van der Waals surface area contributed by atoms with Crippen LogP contribution in [0.25, 0.3) is 5.65 Å². The van der Waals surface area contributed by atoms with Crippen LogP contribution in [0.1, 0.15) is 42.3 Å². The molecule has 25 heavy (non-hydrogen) atoms. The van der Waals surface area contributed by atoms with Crippen LogP contribution in [0.15, 0.2) is 36.8 Å². The third-order valence-corrected chi connectivity index (χ3v) is 5.57. The number of carbonyl (C=O) groups excluding carboxylic acids is 1. The molecule has 2 atom stereocenters. The SMILES string of the molecule is Cc1cc2ncc3c(n2n1)C[C@H]1CC[C@H]3N1C(=O)CCn1cccc1. The molecule has 1 saturated heterocycles. The van der Waals surface area contributed by atoms with Gasteiger partial charge < -0.3 is 9.47 Å². The fourth-order valence-electron chi connectivity index (χ4n) is 4.45. The van der Waals surface area contributed by atoms with E-state index in [1.807, 2.05) is 48.2 Å². The zero-order chi connectivity index (χ0) is 17.0. The summed E-state index contributed by atoms with van der Waals surface area (Å²) in [6.45, 7) is 2.74. The lowest BCUT2D eigenvalue weighted by atomic mass is 9.98. The van der Waals surface area contributed by atoms with Crippen LogP contribution in [0.5, 0.6) is 0 Å². The second-order valence-electron chi connectivity index (χ2n) is 7.14. The molecule has 6 heteroatoms. The predicted octanol–water partition coefficient (Wildman–Crippen LogP) is 2.52. The third kappa shape index (κ3) is 2.27. The molecular formula is C19H21N5O. The van der Waals surface area contributed by atoms with Crippen molar-refractivity contribution in [2.24, 2.45) is 0 Å². The van der Waals surface area contributed by atoms with Crippen LogP contribution in [-0.2, 0) is 17.8 Å². The molecule has 3 aromatic heterocycles. The van der Waals surface area contributed by atoms with Crippen molar-refractivity contribution >= 4 is 11.6 Å². The second-order valence-corrected chi connectivity index (χ2v) is 7.14. The van der Waals surface area contributed by atoms with Gasteiger partial charge in [0.05, 0.1) is 17.4 Å². The van der Waals surface area contributed by atoms with Crippen LogP contribution in [0, 0.1) is 6.92 Å². The molecule has 0 unspecified atom stereocenters. The predicted molar refractivity (Wildman–Crippen MR) is 93.1 cm³/mol. The first-order chi connectivity index (χ1) is 12.2. The van der Waals surface area contributed by atoms with E-state index in [0.29, 0.717) is 12.5 Å². The average Bonchev–Trinajstić information content (AvgIpc) is 3.31. The van der Waals surface area contributed by atoms with Gasteiger partial charge in [-0.2, -0.15) is 5.10 Å². The van der Waals surface area contributed by atoms with Crippen LogP contribution >= 0.6 is 0 Å². The monoisotopic (exact) mass is 335 g/mol. The number of amides is 1. The standard InChI is InChI=1S/C19H21N5O/c1-13-10-18-20-12-15-16-5-4-14(11-17(15)24(18)21-13)23(16)19(25)6-9-22-7-2-3-8-22/h2-3,7-8,10,12,14,16H,4-6,9,11H2,1H3/t14-,16-/m1/s1. The summed E-state index contributed by atoms with van der Waals surface area (Å²) in [7, 11) is 0. The molecule has 0 aliphatic carbocycles. The summed E-state index contributed by atoms with van der Waals surface area (Å²) in [4.78, 5) is 19.6. The molecule has 0 saturated carbocycles. The Hall–Kier alpha value is -2.63. The number of hydrogen-bond acceptors (Lipinski definition) is 3. The normalized spacial score (nSPS) is 21.7. The maximum Gasteiger partial charge on any atom is 0.225 e. The van der Waals surface area contributed by atoms with Crippen LogP contribution in [0.2, 0.25) is 0 Å². The maximum absolute atomic E-state index is 12.9. The highest BCUT2D eigenvalue weighted by atomic mass is 16.2. The Morgan fingerprint density at radius 3 is 2.96 bits per heavy atom. The summed E-state index contributed by atoms with van der Waals surface area (Å²) in [6, 6.07) is 6.46. The van der Waals surface area contributed by atoms with Crippen LogP contribution in [0.4, 0.5) is 0 Å². The number of aromatic nitrogens is 4. The van der Waals surface area contributed by atoms with Crippen molar-refractivity contribution in [3.8, 4) is 0 Å². The van der Waals surface area contributed by atoms with Gasteiger partial charge in [0.1, 0.15) is 0 Å². The van der Waals surface area contributed by atoms with E-state index in [9.17, 15) is 4.79 Å². The minimum atomic E-state index is 0.160. The van der Waals surface area contributed by atoms with E-state index in [1.54, 1.807) is 0 Å². The van der Waals surface area contributed by atoms with Gasteiger partial charge in [-0.15, -0.1) is 0 Å². The zero-order valence-electron chi connectivity index (χ0n) is 14.3. The molecule has 0 N–H and O–H groups in total. The largest absolute Gasteiger partial charge is 0.354 e. The summed E-state index contributed by atoms with van der Waals surface area (Å²) in [5.41, 5.74) is 4.31. The minimum Gasteiger partial charge on any atom is -0.354 e. The first-order valence-corrected chi connectivity index (χ1v) is 8.97. The summed E-state index contributed by atoms with van der Waals surface area (Å²) >= 11 is 0. The fourth-order valence-corrected chi connectivity index (χ4v) is 4.45. The van der Waals surface area contributed by atoms with E-state index in [2.05, 4.69) is 19.5 Å². The molecule has 2 aliphatic rings. The van der Waals surface area contributed by atoms with Gasteiger partial charge in [0.15, 0.2) is 5.65 Å². The van der Waals surface area contributed by atoms with E-state index in [1.165, 1.54) is 11.3 Å². The van der Waals surface area contributed by atoms with E-state index in [0.717, 1.165) is 37.1 Å². The van der Waals surface area contributed by atoms with Crippen molar-refractivity contribution in [3.63, 3.8) is 0 Å². The molecule has 1 amide bonds. The van der Waals surface area contributed by atoms with E-state index in [-0.39, 0.29) is 11.9 Å². The van der Waals surface area contributed by atoms with Crippen molar-refractivity contribution in [3.05, 3.63) is 53.7 Å². The summed E-state index contributed by atoms with van der Waals surface area (Å²) in [6.07, 6.45) is 9.50. The maximum atomic E-state index is 12.9. The first kappa shape index (κ1) is 14.7. The Bertz CT molecular complexity index is 942. The molecule has 2 bridgehead atoms. The number of aryl methyl sites for hydroxylation is 2. The van der Waals surface area contributed by atoms with E-state index >= 15 is 0 Å². The number of carbonyl (C=O) groups is 1. The highest BCUT2D eigenvalue weighted by molar-refractivity contribution is 5.78. The highest BCUT2D eigenvalue weighted by Gasteiger charge is 2.43. The molecule has 5 rings (SSSR count). The Morgan fingerprint density at radius 1 is 1.28 bits per heavy atom. The molecule has 0 radical (unpaired) electrons. The molecule has 1 fully saturated rings. The topological polar surface area (TPSA) is 55.4 Å². The lowest BCUT2D eigenvalue weighted by molar-refractivity contribution is -0.135. The fraction of sp³-hybridized carbons (Fsp3) is 0.421. The van der Waals surface area contributed by atoms with Crippen molar-refractivity contribution in [2.45, 2.75) is 51.2 Å². The van der Waals surface area contributed by atoms with Gasteiger partial charge in [-0.05, 0) is 31.9 Å². The van der Waals surface area contributed by atoms with Gasteiger partial charge in [-0.25, -0.2) is 9.50 Å². The van der Waals surface area contributed by atoms with Crippen molar-refractivity contribution in [1.29, 1.82) is 0 Å². The minimum absolute atomic E-state index is 0.160. The number of fused-ring (bicyclic) bond motifs is 6. The molecule has 5 heterocycles. The highest BCUT2D eigenvalue weighted by Crippen LogP contribution is 2.43. The van der Waals surface area contributed by atoms with Gasteiger partial charge >= 0.3 is 0 Å². The van der Waals surface area contributed by atoms with Gasteiger partial charge in [-0.1, -0.05) is 0 Å². The number of rotatable bonds is 3. The molecule has 128 valence electrons. The third-order valence-electron chi connectivity index (χ3n) is 5.57. The second kappa shape index (κ2) is 5.44. The molecule has 6 nitrogen and oxygen atoms in total. The van der Waals surface area contributed by atoms with Crippen molar-refractivity contribution in [1.82, 2.24) is 24.1 Å². The summed E-state index contributed by atoms with van der Waals surface area (Å²) < 4.78 is 4.05. The Labute approximate surface area is 146 Å². The summed E-state index contributed by atoms with van der Waals surface area (Å²) in [5, 5.41) is 4.61. The number of hydrogen-bond donors (Lipinski definition) is 0. The lowest BCUT2D eigenvalue weighted by Crippen LogP contribution is -2.43. The quantitative estimate of drug-likeness (QED) is 0.739. The molecule has 3 aromatic rings. The molecule has 0 aromatic carbocycles. The van der Waals surface area contributed by atoms with Crippen molar-refractivity contribution in [2.75, 3.05) is 0 Å². The van der Waals surface area contributed by atoms with E-state index < -0.39 is 0 Å². The van der Waals surface area contributed by atoms with Crippen LogP contribution in [0.3, 0.4) is 0 Å². The Morgan fingerprint density at radius 2 is 2.12 bits per heavy atom. The van der Waals surface area contributed by atoms with Gasteiger partial charge in [0.25, 0.3) is 0 Å². The molecule has 2 aliphatic heterocycles.